The summed E-state index contributed by atoms with van der Waals surface area (Å²) >= 11 is 0. The molecule has 2 heterocycles. The van der Waals surface area contributed by atoms with Crippen LogP contribution in [0.5, 0.6) is 5.75 Å². The number of pyridine rings is 1. The Labute approximate surface area is 122 Å². The Hall–Kier alpha value is -1.84. The minimum atomic E-state index is 0.0455. The van der Waals surface area contributed by atoms with E-state index in [9.17, 15) is 9.90 Å². The van der Waals surface area contributed by atoms with Crippen LogP contribution in [-0.4, -0.2) is 14.5 Å². The lowest BCUT2D eigenvalue weighted by Crippen LogP contribution is -2.27. The fraction of sp³-hybridized carbons (Fsp3) is 0.529. The van der Waals surface area contributed by atoms with Crippen molar-refractivity contribution in [1.82, 2.24) is 9.38 Å². The summed E-state index contributed by atoms with van der Waals surface area (Å²) in [4.78, 5) is 17.7. The van der Waals surface area contributed by atoms with Crippen molar-refractivity contribution in [2.75, 3.05) is 0 Å². The molecule has 0 amide bonds. The molecule has 4 nitrogen and oxygen atoms in total. The Bertz CT molecular complexity index is 796. The van der Waals surface area contributed by atoms with Crippen LogP contribution >= 0.6 is 0 Å². The SMILES string of the molecule is O=c1c2c(nc3c(O)cccn13)C1CC3CC(C1)CC2C3. The standard InChI is InChI=1S/C17H18N2O2/c20-13-2-1-3-19-16(13)18-15-12-7-9-4-10(8-12)6-11(5-9)14(15)17(19)21/h1-3,9-12,20H,4-8H2. The summed E-state index contributed by atoms with van der Waals surface area (Å²) < 4.78 is 1.53. The van der Waals surface area contributed by atoms with Crippen LogP contribution in [0.25, 0.3) is 5.65 Å². The van der Waals surface area contributed by atoms with E-state index in [-0.39, 0.29) is 11.3 Å². The number of aromatic nitrogens is 2. The van der Waals surface area contributed by atoms with Crippen LogP contribution in [0, 0.1) is 11.8 Å². The van der Waals surface area contributed by atoms with Crippen molar-refractivity contribution in [3.63, 3.8) is 0 Å². The maximum atomic E-state index is 13.0. The number of rotatable bonds is 0. The number of hydrogen-bond acceptors (Lipinski definition) is 3. The van der Waals surface area contributed by atoms with E-state index in [1.165, 1.54) is 23.7 Å². The van der Waals surface area contributed by atoms with Crippen LogP contribution in [0.2, 0.25) is 0 Å². The van der Waals surface area contributed by atoms with Crippen LogP contribution in [0.4, 0.5) is 0 Å². The molecule has 2 aromatic rings. The van der Waals surface area contributed by atoms with Gasteiger partial charge < -0.3 is 5.11 Å². The number of hydrogen-bond donors (Lipinski definition) is 1. The molecule has 4 aliphatic carbocycles. The molecule has 2 unspecified atom stereocenters. The molecule has 0 aliphatic heterocycles. The topological polar surface area (TPSA) is 54.6 Å². The van der Waals surface area contributed by atoms with Gasteiger partial charge in [-0.3, -0.25) is 9.20 Å². The third kappa shape index (κ3) is 1.50. The molecular weight excluding hydrogens is 264 g/mol. The van der Waals surface area contributed by atoms with Gasteiger partial charge in [-0.2, -0.15) is 0 Å². The summed E-state index contributed by atoms with van der Waals surface area (Å²) in [7, 11) is 0. The molecule has 1 N–H and O–H groups in total. The Morgan fingerprint density at radius 3 is 2.57 bits per heavy atom. The van der Waals surface area contributed by atoms with Gasteiger partial charge in [-0.25, -0.2) is 4.98 Å². The molecule has 21 heavy (non-hydrogen) atoms. The van der Waals surface area contributed by atoms with Gasteiger partial charge in [0, 0.05) is 17.7 Å². The normalized spacial score (nSPS) is 33.1. The van der Waals surface area contributed by atoms with E-state index in [0.717, 1.165) is 35.9 Å². The van der Waals surface area contributed by atoms with Crippen LogP contribution in [-0.2, 0) is 0 Å². The lowest BCUT2D eigenvalue weighted by molar-refractivity contribution is 0.165. The molecule has 0 aromatic carbocycles. The lowest BCUT2D eigenvalue weighted by atomic mass is 9.67. The van der Waals surface area contributed by atoms with E-state index in [4.69, 9.17) is 4.98 Å². The summed E-state index contributed by atoms with van der Waals surface area (Å²) in [6.07, 6.45) is 7.73. The molecular formula is C17H18N2O2. The third-order valence-corrected chi connectivity index (χ3v) is 5.83. The Morgan fingerprint density at radius 1 is 1.10 bits per heavy atom. The largest absolute Gasteiger partial charge is 0.504 e. The molecule has 0 saturated heterocycles. The summed E-state index contributed by atoms with van der Waals surface area (Å²) in [6, 6.07) is 3.31. The molecule has 2 atom stereocenters. The second-order valence-corrected chi connectivity index (χ2v) is 7.11. The Kier molecular flexibility index (Phi) is 2.17. The first-order chi connectivity index (χ1) is 10.2. The van der Waals surface area contributed by atoms with E-state index in [2.05, 4.69) is 0 Å². The molecule has 0 radical (unpaired) electrons. The molecule has 6 rings (SSSR count). The number of fused-ring (bicyclic) bond motifs is 1. The number of aromatic hydroxyl groups is 1. The zero-order chi connectivity index (χ0) is 14.1. The van der Waals surface area contributed by atoms with Crippen LogP contribution < -0.4 is 5.56 Å². The van der Waals surface area contributed by atoms with Gasteiger partial charge in [0.1, 0.15) is 0 Å². The molecule has 4 heteroatoms. The van der Waals surface area contributed by atoms with Crippen LogP contribution in [0.3, 0.4) is 0 Å². The zero-order valence-corrected chi connectivity index (χ0v) is 11.8. The molecule has 0 spiro atoms. The quantitative estimate of drug-likeness (QED) is 0.808. The Balaban J connectivity index is 1.87. The second-order valence-electron chi connectivity index (χ2n) is 7.11. The van der Waals surface area contributed by atoms with Crippen molar-refractivity contribution in [3.8, 4) is 5.75 Å². The van der Waals surface area contributed by atoms with Gasteiger partial charge in [0.2, 0.25) is 0 Å². The van der Waals surface area contributed by atoms with Gasteiger partial charge in [-0.15, -0.1) is 0 Å². The molecule has 4 bridgehead atoms. The summed E-state index contributed by atoms with van der Waals surface area (Å²) in [5.41, 5.74) is 2.41. The van der Waals surface area contributed by atoms with Crippen molar-refractivity contribution in [1.29, 1.82) is 0 Å². The van der Waals surface area contributed by atoms with E-state index in [0.29, 0.717) is 17.5 Å². The van der Waals surface area contributed by atoms with Crippen LogP contribution in [0.15, 0.2) is 23.1 Å². The summed E-state index contributed by atoms with van der Waals surface area (Å²) in [6.45, 7) is 0. The zero-order valence-electron chi connectivity index (χ0n) is 11.8. The minimum Gasteiger partial charge on any atom is -0.504 e. The summed E-state index contributed by atoms with van der Waals surface area (Å²) in [5.74, 6) is 2.44. The van der Waals surface area contributed by atoms with E-state index in [1.807, 2.05) is 0 Å². The van der Waals surface area contributed by atoms with Crippen molar-refractivity contribution in [2.24, 2.45) is 11.8 Å². The highest BCUT2D eigenvalue weighted by Crippen LogP contribution is 2.54. The first-order valence-electron chi connectivity index (χ1n) is 7.95. The molecule has 108 valence electrons. The van der Waals surface area contributed by atoms with E-state index < -0.39 is 0 Å². The highest BCUT2D eigenvalue weighted by Gasteiger charge is 2.44. The van der Waals surface area contributed by atoms with Crippen molar-refractivity contribution >= 4 is 5.65 Å². The van der Waals surface area contributed by atoms with E-state index in [1.54, 1.807) is 18.3 Å². The smallest absolute Gasteiger partial charge is 0.261 e. The highest BCUT2D eigenvalue weighted by molar-refractivity contribution is 5.54. The number of nitrogens with zero attached hydrogens (tertiary/aromatic N) is 2. The molecule has 2 aromatic heterocycles. The third-order valence-electron chi connectivity index (χ3n) is 5.83. The van der Waals surface area contributed by atoms with Gasteiger partial charge in [-0.1, -0.05) is 0 Å². The fourth-order valence-electron chi connectivity index (χ4n) is 5.18. The predicted octanol–water partition coefficient (Wildman–Crippen LogP) is 2.79. The van der Waals surface area contributed by atoms with Gasteiger partial charge in [0.05, 0.1) is 5.69 Å². The first-order valence-corrected chi connectivity index (χ1v) is 7.95. The highest BCUT2D eigenvalue weighted by atomic mass is 16.3. The lowest BCUT2D eigenvalue weighted by Gasteiger charge is -2.38. The maximum absolute atomic E-state index is 13.0. The average Bonchev–Trinajstić information content (AvgIpc) is 2.62. The summed E-state index contributed by atoms with van der Waals surface area (Å²) in [5, 5.41) is 10.0. The first kappa shape index (κ1) is 11.8. The van der Waals surface area contributed by atoms with Crippen molar-refractivity contribution in [3.05, 3.63) is 39.9 Å². The molecule has 2 saturated carbocycles. The van der Waals surface area contributed by atoms with Gasteiger partial charge >= 0.3 is 0 Å². The predicted molar refractivity (Wildman–Crippen MR) is 78.7 cm³/mol. The Morgan fingerprint density at radius 2 is 1.81 bits per heavy atom. The maximum Gasteiger partial charge on any atom is 0.261 e. The van der Waals surface area contributed by atoms with Gasteiger partial charge in [0.25, 0.3) is 5.56 Å². The average molecular weight is 282 g/mol. The van der Waals surface area contributed by atoms with Crippen molar-refractivity contribution in [2.45, 2.75) is 43.9 Å². The van der Waals surface area contributed by atoms with Crippen LogP contribution in [0.1, 0.15) is 55.2 Å². The second kappa shape index (κ2) is 3.87. The fourth-order valence-corrected chi connectivity index (χ4v) is 5.18. The van der Waals surface area contributed by atoms with Gasteiger partial charge in [0.15, 0.2) is 11.4 Å². The van der Waals surface area contributed by atoms with Crippen molar-refractivity contribution < 1.29 is 5.11 Å². The monoisotopic (exact) mass is 282 g/mol. The minimum absolute atomic E-state index is 0.0455. The molecule has 2 fully saturated rings. The molecule has 4 aliphatic rings. The van der Waals surface area contributed by atoms with Gasteiger partial charge in [-0.05, 0) is 62.0 Å². The van der Waals surface area contributed by atoms with E-state index >= 15 is 0 Å².